The molecule has 0 aromatic heterocycles. The van der Waals surface area contributed by atoms with Gasteiger partial charge in [-0.3, -0.25) is 4.79 Å². The third kappa shape index (κ3) is 4.24. The minimum absolute atomic E-state index is 0.00673. The highest BCUT2D eigenvalue weighted by Crippen LogP contribution is 2.59. The van der Waals surface area contributed by atoms with Crippen molar-refractivity contribution < 1.29 is 19.7 Å². The van der Waals surface area contributed by atoms with Gasteiger partial charge in [0.2, 0.25) is 0 Å². The van der Waals surface area contributed by atoms with E-state index >= 15 is 0 Å². The molecular weight excluding hydrogens is 424 g/mol. The van der Waals surface area contributed by atoms with Gasteiger partial charge in [-0.1, -0.05) is 32.4 Å². The number of carbonyl (C=O) groups excluding carboxylic acids is 1. The van der Waals surface area contributed by atoms with Crippen LogP contribution in [0.1, 0.15) is 113 Å². The van der Waals surface area contributed by atoms with E-state index in [4.69, 9.17) is 4.74 Å². The van der Waals surface area contributed by atoms with E-state index in [9.17, 15) is 15.0 Å². The van der Waals surface area contributed by atoms with Gasteiger partial charge in [-0.05, 0) is 120 Å². The molecule has 194 valence electrons. The van der Waals surface area contributed by atoms with E-state index in [1.807, 2.05) is 27.7 Å². The number of ether oxygens (including phenoxy) is 1. The van der Waals surface area contributed by atoms with Gasteiger partial charge in [0.05, 0.1) is 17.3 Å². The first-order valence-electron chi connectivity index (χ1n) is 13.8. The third-order valence-electron chi connectivity index (χ3n) is 11.3. The number of carbonyl (C=O) groups is 1. The number of Topliss-reactive ketones (excluding diaryl/α,β-unsaturated/α-hetero) is 1. The molecule has 0 bridgehead atoms. The van der Waals surface area contributed by atoms with Crippen LogP contribution in [0.25, 0.3) is 0 Å². The molecule has 3 aliphatic carbocycles. The lowest BCUT2D eigenvalue weighted by Crippen LogP contribution is -2.56. The maximum Gasteiger partial charge on any atom is 0.164 e. The summed E-state index contributed by atoms with van der Waals surface area (Å²) in [6.07, 6.45) is 10.2. The fourth-order valence-corrected chi connectivity index (χ4v) is 8.95. The van der Waals surface area contributed by atoms with E-state index in [1.54, 1.807) is 0 Å². The predicted molar refractivity (Wildman–Crippen MR) is 136 cm³/mol. The number of rotatable bonds is 3. The Balaban J connectivity index is 1.60. The van der Waals surface area contributed by atoms with Gasteiger partial charge in [0.25, 0.3) is 0 Å². The van der Waals surface area contributed by atoms with Gasteiger partial charge >= 0.3 is 0 Å². The number of ketones is 1. The minimum atomic E-state index is -0.752. The van der Waals surface area contributed by atoms with Crippen LogP contribution in [0.15, 0.2) is 11.6 Å². The highest BCUT2D eigenvalue weighted by Gasteiger charge is 2.57. The quantitative estimate of drug-likeness (QED) is 0.476. The van der Waals surface area contributed by atoms with E-state index in [0.717, 1.165) is 51.4 Å². The number of allylic oxidation sites excluding steroid dienone is 2. The van der Waals surface area contributed by atoms with Crippen LogP contribution in [0, 0.1) is 34.5 Å². The fraction of sp³-hybridized carbons (Fsp3) is 0.900. The molecule has 0 amide bonds. The smallest absolute Gasteiger partial charge is 0.164 e. The highest BCUT2D eigenvalue weighted by atomic mass is 16.5. The lowest BCUT2D eigenvalue weighted by molar-refractivity contribution is -0.196. The lowest BCUT2D eigenvalue weighted by atomic mass is 9.55. The molecule has 0 aromatic carbocycles. The first-order chi connectivity index (χ1) is 15.5. The summed E-state index contributed by atoms with van der Waals surface area (Å²) < 4.78 is 6.50. The Morgan fingerprint density at radius 2 is 1.56 bits per heavy atom. The Morgan fingerprint density at radius 1 is 0.912 bits per heavy atom. The molecule has 8 atom stereocenters. The average molecular weight is 475 g/mol. The second-order valence-electron chi connectivity index (χ2n) is 14.2. The van der Waals surface area contributed by atoms with Gasteiger partial charge in [0.1, 0.15) is 5.60 Å². The van der Waals surface area contributed by atoms with Crippen LogP contribution in [0.4, 0.5) is 0 Å². The molecule has 4 rings (SSSR count). The van der Waals surface area contributed by atoms with Gasteiger partial charge in [-0.15, -0.1) is 0 Å². The Morgan fingerprint density at radius 3 is 2.24 bits per heavy atom. The zero-order chi connectivity index (χ0) is 25.3. The zero-order valence-electron chi connectivity index (χ0n) is 23.0. The number of aliphatic hydroxyl groups is 2. The van der Waals surface area contributed by atoms with E-state index in [-0.39, 0.29) is 28.6 Å². The van der Waals surface area contributed by atoms with E-state index < -0.39 is 16.8 Å². The summed E-state index contributed by atoms with van der Waals surface area (Å²) in [4.78, 5) is 12.8. The first kappa shape index (κ1) is 26.4. The molecule has 2 N–H and O–H groups in total. The molecule has 4 heteroatoms. The van der Waals surface area contributed by atoms with Crippen LogP contribution >= 0.6 is 0 Å². The standard InChI is InChI=1S/C30H50O4/c1-19-9-10-22-21(13-17-29(22,7)32)26(2,3)20(19)11-12-23-28(6)16-14-24(31)27(4,5)34-25(28)15-18-30(23,8)33/h9,20-23,25,32-33H,10-18H2,1-8H3/t20?,21?,22?,23-,25-,28-,29-,30+/m1/s1. The summed E-state index contributed by atoms with van der Waals surface area (Å²) >= 11 is 0. The van der Waals surface area contributed by atoms with Crippen LogP contribution in [-0.2, 0) is 9.53 Å². The van der Waals surface area contributed by atoms with Crippen molar-refractivity contribution in [2.45, 2.75) is 136 Å². The Hall–Kier alpha value is -0.710. The predicted octanol–water partition coefficient (Wildman–Crippen LogP) is 6.23. The molecule has 0 spiro atoms. The molecule has 1 heterocycles. The van der Waals surface area contributed by atoms with E-state index in [1.165, 1.54) is 5.57 Å². The molecule has 3 unspecified atom stereocenters. The number of hydrogen-bond acceptors (Lipinski definition) is 4. The van der Waals surface area contributed by atoms with Gasteiger partial charge in [0.15, 0.2) is 5.78 Å². The molecule has 0 aromatic rings. The van der Waals surface area contributed by atoms with Gasteiger partial charge in [-0.25, -0.2) is 0 Å². The fourth-order valence-electron chi connectivity index (χ4n) is 8.95. The second-order valence-corrected chi connectivity index (χ2v) is 14.2. The molecule has 4 aliphatic rings. The zero-order valence-corrected chi connectivity index (χ0v) is 23.0. The van der Waals surface area contributed by atoms with Crippen molar-refractivity contribution in [2.24, 2.45) is 34.5 Å². The molecule has 4 nitrogen and oxygen atoms in total. The summed E-state index contributed by atoms with van der Waals surface area (Å²) in [5.41, 5.74) is -0.733. The molecule has 1 saturated heterocycles. The SMILES string of the molecule is CC1=CCC2C(CC[C@@]2(C)O)C(C)(C)C1CC[C@@H]1[C@@]2(C)CCC(=O)C(C)(C)O[C@@H]2CC[C@]1(C)O. The molecule has 0 radical (unpaired) electrons. The first-order valence-corrected chi connectivity index (χ1v) is 13.8. The van der Waals surface area contributed by atoms with Crippen molar-refractivity contribution in [3.63, 3.8) is 0 Å². The van der Waals surface area contributed by atoms with Crippen molar-refractivity contribution in [3.05, 3.63) is 11.6 Å². The lowest BCUT2D eigenvalue weighted by Gasteiger charge is -2.54. The Kier molecular flexibility index (Phi) is 6.52. The van der Waals surface area contributed by atoms with E-state index in [2.05, 4.69) is 33.8 Å². The maximum atomic E-state index is 12.8. The van der Waals surface area contributed by atoms with Crippen molar-refractivity contribution in [1.82, 2.24) is 0 Å². The molecule has 3 fully saturated rings. The maximum absolute atomic E-state index is 12.8. The molecule has 34 heavy (non-hydrogen) atoms. The Labute approximate surface area is 207 Å². The van der Waals surface area contributed by atoms with Gasteiger partial charge in [0, 0.05) is 6.42 Å². The third-order valence-corrected chi connectivity index (χ3v) is 11.3. The number of fused-ring (bicyclic) bond motifs is 2. The molecule has 1 aliphatic heterocycles. The molecular formula is C30H50O4. The van der Waals surface area contributed by atoms with Crippen molar-refractivity contribution >= 4 is 5.78 Å². The van der Waals surface area contributed by atoms with Gasteiger partial charge < -0.3 is 14.9 Å². The van der Waals surface area contributed by atoms with Crippen LogP contribution < -0.4 is 0 Å². The minimum Gasteiger partial charge on any atom is -0.390 e. The van der Waals surface area contributed by atoms with Gasteiger partial charge in [-0.2, -0.15) is 0 Å². The largest absolute Gasteiger partial charge is 0.390 e. The summed E-state index contributed by atoms with van der Waals surface area (Å²) in [5, 5.41) is 22.7. The van der Waals surface area contributed by atoms with Crippen LogP contribution in [0.5, 0.6) is 0 Å². The summed E-state index contributed by atoms with van der Waals surface area (Å²) in [5.74, 6) is 1.54. The second kappa shape index (κ2) is 8.42. The average Bonchev–Trinajstić information content (AvgIpc) is 2.93. The summed E-state index contributed by atoms with van der Waals surface area (Å²) in [6.45, 7) is 17.3. The van der Waals surface area contributed by atoms with Crippen molar-refractivity contribution in [2.75, 3.05) is 0 Å². The highest BCUT2D eigenvalue weighted by molar-refractivity contribution is 5.86. The number of hydrogen-bond donors (Lipinski definition) is 2. The monoisotopic (exact) mass is 474 g/mol. The summed E-state index contributed by atoms with van der Waals surface area (Å²) in [7, 11) is 0. The van der Waals surface area contributed by atoms with E-state index in [0.29, 0.717) is 24.2 Å². The summed E-state index contributed by atoms with van der Waals surface area (Å²) in [6, 6.07) is 0. The van der Waals surface area contributed by atoms with Crippen molar-refractivity contribution in [3.8, 4) is 0 Å². The van der Waals surface area contributed by atoms with Crippen LogP contribution in [0.2, 0.25) is 0 Å². The van der Waals surface area contributed by atoms with Crippen LogP contribution in [0.3, 0.4) is 0 Å². The van der Waals surface area contributed by atoms with Crippen molar-refractivity contribution in [1.29, 1.82) is 0 Å². The Bertz CT molecular complexity index is 835. The topological polar surface area (TPSA) is 66.8 Å². The van der Waals surface area contributed by atoms with Crippen LogP contribution in [-0.4, -0.2) is 38.9 Å². The molecule has 2 saturated carbocycles. The normalized spacial score (nSPS) is 48.4.